The Bertz CT molecular complexity index is 964. The zero-order valence-electron chi connectivity index (χ0n) is 17.0. The van der Waals surface area contributed by atoms with Gasteiger partial charge in [0.25, 0.3) is 0 Å². The third-order valence-electron chi connectivity index (χ3n) is 4.56. The van der Waals surface area contributed by atoms with Gasteiger partial charge in [0.15, 0.2) is 11.0 Å². The predicted molar refractivity (Wildman–Crippen MR) is 120 cm³/mol. The minimum absolute atomic E-state index is 0.0679. The number of benzene rings is 2. The molecule has 0 fully saturated rings. The summed E-state index contributed by atoms with van der Waals surface area (Å²) in [5, 5.41) is 12.0. The Hall–Kier alpha value is -2.86. The van der Waals surface area contributed by atoms with E-state index < -0.39 is 0 Å². The first-order valence-corrected chi connectivity index (χ1v) is 10.5. The molecule has 0 spiro atoms. The van der Waals surface area contributed by atoms with Crippen molar-refractivity contribution >= 4 is 23.4 Å². The molecular weight excluding hydrogens is 380 g/mol. The van der Waals surface area contributed by atoms with Crippen LogP contribution in [0.5, 0.6) is 0 Å². The molecular formula is C23H26N4OS. The largest absolute Gasteiger partial charge is 0.325 e. The second kappa shape index (κ2) is 9.56. The van der Waals surface area contributed by atoms with Gasteiger partial charge in [0.1, 0.15) is 0 Å². The highest BCUT2D eigenvalue weighted by Gasteiger charge is 2.20. The molecule has 1 unspecified atom stereocenters. The van der Waals surface area contributed by atoms with Crippen LogP contribution < -0.4 is 5.32 Å². The lowest BCUT2D eigenvalue weighted by atomic mass is 10.0. The zero-order chi connectivity index (χ0) is 20.8. The van der Waals surface area contributed by atoms with E-state index in [1.165, 1.54) is 17.3 Å². The minimum Gasteiger partial charge on any atom is -0.325 e. The van der Waals surface area contributed by atoms with E-state index in [-0.39, 0.29) is 11.2 Å². The number of amides is 1. The lowest BCUT2D eigenvalue weighted by molar-refractivity contribution is -0.115. The van der Waals surface area contributed by atoms with E-state index >= 15 is 0 Å². The molecule has 0 aliphatic rings. The highest BCUT2D eigenvalue weighted by Crippen LogP contribution is 2.27. The molecule has 2 aromatic carbocycles. The van der Waals surface area contributed by atoms with Gasteiger partial charge in [-0.15, -0.1) is 16.8 Å². The first kappa shape index (κ1) is 20.9. The second-order valence-electron chi connectivity index (χ2n) is 7.10. The maximum atomic E-state index is 12.7. The summed E-state index contributed by atoms with van der Waals surface area (Å²) in [5.74, 6) is 1.16. The molecule has 1 aromatic heterocycles. The summed E-state index contributed by atoms with van der Waals surface area (Å²) in [4.78, 5) is 12.7. The Labute approximate surface area is 176 Å². The molecule has 3 aromatic rings. The molecule has 1 N–H and O–H groups in total. The van der Waals surface area contributed by atoms with Crippen molar-refractivity contribution in [3.63, 3.8) is 0 Å². The van der Waals surface area contributed by atoms with Crippen LogP contribution in [0, 0.1) is 0 Å². The van der Waals surface area contributed by atoms with Gasteiger partial charge in [-0.05, 0) is 30.5 Å². The average Bonchev–Trinajstić information content (AvgIpc) is 3.11. The van der Waals surface area contributed by atoms with Crippen molar-refractivity contribution in [1.29, 1.82) is 0 Å². The molecule has 0 radical (unpaired) electrons. The number of anilines is 1. The van der Waals surface area contributed by atoms with Crippen molar-refractivity contribution < 1.29 is 4.79 Å². The van der Waals surface area contributed by atoms with Gasteiger partial charge in [0.05, 0.1) is 5.25 Å². The van der Waals surface area contributed by atoms with Crippen LogP contribution in [-0.4, -0.2) is 25.9 Å². The molecule has 150 valence electrons. The number of allylic oxidation sites excluding steroid dienone is 1. The summed E-state index contributed by atoms with van der Waals surface area (Å²) in [6, 6.07) is 17.9. The van der Waals surface area contributed by atoms with Gasteiger partial charge < -0.3 is 5.32 Å². The van der Waals surface area contributed by atoms with E-state index in [0.717, 1.165) is 17.1 Å². The molecule has 0 aliphatic heterocycles. The second-order valence-corrected chi connectivity index (χ2v) is 8.41. The number of thioether (sulfide) groups is 1. The number of carbonyl (C=O) groups is 1. The van der Waals surface area contributed by atoms with E-state index in [1.807, 2.05) is 66.1 Å². The van der Waals surface area contributed by atoms with E-state index in [2.05, 4.69) is 35.9 Å². The summed E-state index contributed by atoms with van der Waals surface area (Å²) in [7, 11) is 0. The van der Waals surface area contributed by atoms with Crippen molar-refractivity contribution in [1.82, 2.24) is 14.8 Å². The lowest BCUT2D eigenvalue weighted by Crippen LogP contribution is -2.23. The third kappa shape index (κ3) is 5.15. The fraction of sp³-hybridized carbons (Fsp3) is 0.261. The van der Waals surface area contributed by atoms with Crippen LogP contribution in [0.2, 0.25) is 0 Å². The van der Waals surface area contributed by atoms with Crippen LogP contribution in [0.25, 0.3) is 11.4 Å². The predicted octanol–water partition coefficient (Wildman–Crippen LogP) is 5.37. The number of hydrogen-bond donors (Lipinski definition) is 1. The van der Waals surface area contributed by atoms with Crippen LogP contribution in [0.15, 0.2) is 72.4 Å². The SMILES string of the molecule is C=CCn1c(SC(C)C(=O)Nc2ccc(C(C)C)cc2)nnc1-c1ccccc1. The Balaban J connectivity index is 1.72. The monoisotopic (exact) mass is 406 g/mol. The molecule has 0 saturated carbocycles. The van der Waals surface area contributed by atoms with Crippen molar-refractivity contribution in [2.75, 3.05) is 5.32 Å². The van der Waals surface area contributed by atoms with Crippen LogP contribution in [0.4, 0.5) is 5.69 Å². The number of carbonyl (C=O) groups excluding carboxylic acids is 1. The van der Waals surface area contributed by atoms with Crippen molar-refractivity contribution in [2.45, 2.75) is 43.6 Å². The Morgan fingerprint density at radius 3 is 2.41 bits per heavy atom. The highest BCUT2D eigenvalue weighted by atomic mass is 32.2. The fourth-order valence-corrected chi connectivity index (χ4v) is 3.74. The molecule has 0 aliphatic carbocycles. The normalized spacial score (nSPS) is 12.0. The Morgan fingerprint density at radius 1 is 1.10 bits per heavy atom. The quantitative estimate of drug-likeness (QED) is 0.403. The van der Waals surface area contributed by atoms with E-state index in [4.69, 9.17) is 0 Å². The van der Waals surface area contributed by atoms with Gasteiger partial charge in [0.2, 0.25) is 5.91 Å². The average molecular weight is 407 g/mol. The fourth-order valence-electron chi connectivity index (χ4n) is 2.88. The molecule has 1 heterocycles. The first-order chi connectivity index (χ1) is 14.0. The van der Waals surface area contributed by atoms with Gasteiger partial charge >= 0.3 is 0 Å². The maximum Gasteiger partial charge on any atom is 0.237 e. The standard InChI is InChI=1S/C23H26N4OS/c1-5-15-27-21(19-9-7-6-8-10-19)25-26-23(27)29-17(4)22(28)24-20-13-11-18(12-14-20)16(2)3/h5-14,16-17H,1,15H2,2-4H3,(H,24,28). The summed E-state index contributed by atoms with van der Waals surface area (Å²) in [5.41, 5.74) is 3.02. The number of nitrogens with one attached hydrogen (secondary N) is 1. The van der Waals surface area contributed by atoms with Gasteiger partial charge in [-0.1, -0.05) is 74.1 Å². The molecule has 3 rings (SSSR count). The van der Waals surface area contributed by atoms with Gasteiger partial charge in [-0.3, -0.25) is 9.36 Å². The van der Waals surface area contributed by atoms with Crippen LogP contribution in [0.3, 0.4) is 0 Å². The molecule has 6 heteroatoms. The molecule has 0 bridgehead atoms. The Morgan fingerprint density at radius 2 is 1.79 bits per heavy atom. The zero-order valence-corrected chi connectivity index (χ0v) is 17.8. The summed E-state index contributed by atoms with van der Waals surface area (Å²) < 4.78 is 1.98. The maximum absolute atomic E-state index is 12.7. The molecule has 5 nitrogen and oxygen atoms in total. The van der Waals surface area contributed by atoms with Crippen molar-refractivity contribution in [2.24, 2.45) is 0 Å². The van der Waals surface area contributed by atoms with Gasteiger partial charge in [-0.2, -0.15) is 0 Å². The summed E-state index contributed by atoms with van der Waals surface area (Å²) in [6.07, 6.45) is 1.81. The molecule has 0 saturated heterocycles. The van der Waals surface area contributed by atoms with E-state index in [0.29, 0.717) is 17.6 Å². The summed E-state index contributed by atoms with van der Waals surface area (Å²) in [6.45, 7) is 10.6. The number of hydrogen-bond acceptors (Lipinski definition) is 4. The van der Waals surface area contributed by atoms with Crippen molar-refractivity contribution in [3.05, 3.63) is 72.8 Å². The number of rotatable bonds is 8. The number of nitrogens with zero attached hydrogens (tertiary/aromatic N) is 3. The third-order valence-corrected chi connectivity index (χ3v) is 5.64. The molecule has 29 heavy (non-hydrogen) atoms. The highest BCUT2D eigenvalue weighted by molar-refractivity contribution is 8.00. The first-order valence-electron chi connectivity index (χ1n) is 9.66. The summed E-state index contributed by atoms with van der Waals surface area (Å²) >= 11 is 1.39. The minimum atomic E-state index is -0.323. The van der Waals surface area contributed by atoms with E-state index in [9.17, 15) is 4.79 Å². The molecule has 1 amide bonds. The lowest BCUT2D eigenvalue weighted by Gasteiger charge is -2.13. The van der Waals surface area contributed by atoms with Gasteiger partial charge in [0, 0.05) is 17.8 Å². The van der Waals surface area contributed by atoms with Crippen LogP contribution in [-0.2, 0) is 11.3 Å². The Kier molecular flexibility index (Phi) is 6.88. The molecule has 1 atom stereocenters. The van der Waals surface area contributed by atoms with Crippen molar-refractivity contribution in [3.8, 4) is 11.4 Å². The van der Waals surface area contributed by atoms with E-state index in [1.54, 1.807) is 6.08 Å². The van der Waals surface area contributed by atoms with Gasteiger partial charge in [-0.25, -0.2) is 0 Å². The van der Waals surface area contributed by atoms with Crippen LogP contribution in [0.1, 0.15) is 32.3 Å². The number of aromatic nitrogens is 3. The topological polar surface area (TPSA) is 59.8 Å². The smallest absolute Gasteiger partial charge is 0.237 e. The van der Waals surface area contributed by atoms with Crippen LogP contribution >= 0.6 is 11.8 Å².